The summed E-state index contributed by atoms with van der Waals surface area (Å²) in [7, 11) is 0. The number of hydrogen-bond acceptors (Lipinski definition) is 3. The van der Waals surface area contributed by atoms with Crippen molar-refractivity contribution in [2.45, 2.75) is 77.3 Å². The van der Waals surface area contributed by atoms with Crippen molar-refractivity contribution in [3.8, 4) is 0 Å². The molecule has 0 radical (unpaired) electrons. The maximum Gasteiger partial charge on any atom is 0.0323 e. The molecule has 1 fully saturated rings. The highest BCUT2D eigenvalue weighted by atomic mass is 32.1. The lowest BCUT2D eigenvalue weighted by molar-refractivity contribution is 0.315. The van der Waals surface area contributed by atoms with Crippen molar-refractivity contribution in [3.63, 3.8) is 0 Å². The predicted molar refractivity (Wildman–Crippen MR) is 118 cm³/mol. The predicted octanol–water partition coefficient (Wildman–Crippen LogP) is 5.68. The Morgan fingerprint density at radius 2 is 1.62 bits per heavy atom. The SMILES string of the molecule is Cc1ccc(C)cc1.SNC1CCCCC1NCCCC1=CCC=CC1. The van der Waals surface area contributed by atoms with Gasteiger partial charge in [-0.3, -0.25) is 4.72 Å². The Labute approximate surface area is 166 Å². The van der Waals surface area contributed by atoms with Crippen molar-refractivity contribution in [2.75, 3.05) is 6.54 Å². The first-order chi connectivity index (χ1) is 12.7. The van der Waals surface area contributed by atoms with E-state index >= 15 is 0 Å². The van der Waals surface area contributed by atoms with Crippen molar-refractivity contribution in [1.29, 1.82) is 0 Å². The lowest BCUT2D eigenvalue weighted by Gasteiger charge is -2.31. The molecule has 0 saturated heterocycles. The van der Waals surface area contributed by atoms with Crippen molar-refractivity contribution >= 4 is 12.8 Å². The van der Waals surface area contributed by atoms with Crippen LogP contribution in [0.15, 0.2) is 48.1 Å². The van der Waals surface area contributed by atoms with Crippen LogP contribution in [0.2, 0.25) is 0 Å². The zero-order valence-electron chi connectivity index (χ0n) is 16.5. The third kappa shape index (κ3) is 8.11. The van der Waals surface area contributed by atoms with Gasteiger partial charge in [0.05, 0.1) is 0 Å². The molecule has 1 aromatic carbocycles. The van der Waals surface area contributed by atoms with E-state index in [2.05, 4.69) is 79.2 Å². The smallest absolute Gasteiger partial charge is 0.0323 e. The van der Waals surface area contributed by atoms with Crippen LogP contribution in [0, 0.1) is 13.8 Å². The number of nitrogens with one attached hydrogen (secondary N) is 2. The first kappa shape index (κ1) is 21.3. The minimum Gasteiger partial charge on any atom is -0.312 e. The van der Waals surface area contributed by atoms with Gasteiger partial charge in [-0.1, -0.05) is 84.9 Å². The fraction of sp³-hybridized carbons (Fsp3) is 0.565. The van der Waals surface area contributed by atoms with Crippen LogP contribution in [0.1, 0.15) is 62.5 Å². The second-order valence-corrected chi connectivity index (χ2v) is 7.87. The number of thiol groups is 1. The molecule has 2 unspecified atom stereocenters. The summed E-state index contributed by atoms with van der Waals surface area (Å²) in [5.41, 5.74) is 4.28. The van der Waals surface area contributed by atoms with Crippen LogP contribution >= 0.6 is 12.8 Å². The summed E-state index contributed by atoms with van der Waals surface area (Å²) in [5.74, 6) is 0. The minimum absolute atomic E-state index is 0.555. The lowest BCUT2D eigenvalue weighted by atomic mass is 9.91. The first-order valence-electron chi connectivity index (χ1n) is 10.2. The molecular weight excluding hydrogens is 336 g/mol. The molecule has 1 saturated carbocycles. The normalized spacial score (nSPS) is 22.3. The van der Waals surface area contributed by atoms with Crippen LogP contribution in [0.5, 0.6) is 0 Å². The van der Waals surface area contributed by atoms with E-state index in [-0.39, 0.29) is 0 Å². The molecule has 2 N–H and O–H groups in total. The molecule has 0 amide bonds. The monoisotopic (exact) mass is 372 g/mol. The molecule has 26 heavy (non-hydrogen) atoms. The second-order valence-electron chi connectivity index (χ2n) is 7.61. The van der Waals surface area contributed by atoms with E-state index in [4.69, 9.17) is 0 Å². The van der Waals surface area contributed by atoms with Gasteiger partial charge in [0.1, 0.15) is 0 Å². The van der Waals surface area contributed by atoms with Crippen LogP contribution < -0.4 is 10.0 Å². The number of allylic oxidation sites excluding steroid dienone is 4. The van der Waals surface area contributed by atoms with Crippen molar-refractivity contribution in [2.24, 2.45) is 0 Å². The van der Waals surface area contributed by atoms with Gasteiger partial charge in [0.2, 0.25) is 0 Å². The molecule has 3 rings (SSSR count). The average Bonchev–Trinajstić information content (AvgIpc) is 2.69. The average molecular weight is 373 g/mol. The van der Waals surface area contributed by atoms with Gasteiger partial charge in [-0.25, -0.2) is 0 Å². The highest BCUT2D eigenvalue weighted by Crippen LogP contribution is 2.20. The van der Waals surface area contributed by atoms with Gasteiger partial charge in [-0.15, -0.1) is 0 Å². The summed E-state index contributed by atoms with van der Waals surface area (Å²) in [6, 6.07) is 9.66. The van der Waals surface area contributed by atoms with Crippen molar-refractivity contribution < 1.29 is 0 Å². The molecule has 144 valence electrons. The Morgan fingerprint density at radius 3 is 2.19 bits per heavy atom. The molecule has 0 heterocycles. The zero-order valence-corrected chi connectivity index (χ0v) is 17.4. The Balaban J connectivity index is 0.000000254. The molecule has 0 bridgehead atoms. The molecule has 0 aliphatic heterocycles. The van der Waals surface area contributed by atoms with Gasteiger partial charge in [-0.2, -0.15) is 0 Å². The topological polar surface area (TPSA) is 24.1 Å². The van der Waals surface area contributed by atoms with Crippen LogP contribution in [-0.2, 0) is 0 Å². The van der Waals surface area contributed by atoms with E-state index in [1.165, 1.54) is 56.1 Å². The van der Waals surface area contributed by atoms with E-state index in [0.717, 1.165) is 13.0 Å². The summed E-state index contributed by atoms with van der Waals surface area (Å²) >= 11 is 4.24. The van der Waals surface area contributed by atoms with Gasteiger partial charge in [0, 0.05) is 12.1 Å². The number of rotatable bonds is 6. The van der Waals surface area contributed by atoms with Gasteiger partial charge >= 0.3 is 0 Å². The van der Waals surface area contributed by atoms with E-state index in [0.29, 0.717) is 12.1 Å². The minimum atomic E-state index is 0.555. The summed E-state index contributed by atoms with van der Waals surface area (Å²) in [5, 5.41) is 3.71. The van der Waals surface area contributed by atoms with E-state index < -0.39 is 0 Å². The molecule has 2 aliphatic rings. The van der Waals surface area contributed by atoms with Gasteiger partial charge in [0.15, 0.2) is 0 Å². The maximum atomic E-state index is 4.24. The fourth-order valence-corrected chi connectivity index (χ4v) is 3.93. The molecule has 3 heteroatoms. The molecule has 0 aromatic heterocycles. The Bertz CT molecular complexity index is 541. The molecular formula is C23H36N2S. The highest BCUT2D eigenvalue weighted by Gasteiger charge is 2.22. The lowest BCUT2D eigenvalue weighted by Crippen LogP contribution is -2.47. The summed E-state index contributed by atoms with van der Waals surface area (Å²) in [6.07, 6.45) is 17.0. The van der Waals surface area contributed by atoms with Gasteiger partial charge in [0.25, 0.3) is 0 Å². The van der Waals surface area contributed by atoms with Crippen LogP contribution in [0.3, 0.4) is 0 Å². The largest absolute Gasteiger partial charge is 0.312 e. The van der Waals surface area contributed by atoms with E-state index in [9.17, 15) is 0 Å². The fourth-order valence-electron chi connectivity index (χ4n) is 3.62. The highest BCUT2D eigenvalue weighted by molar-refractivity contribution is 7.78. The van der Waals surface area contributed by atoms with Crippen LogP contribution in [0.4, 0.5) is 0 Å². The number of aryl methyl sites for hydroxylation is 2. The molecule has 2 aliphatic carbocycles. The zero-order chi connectivity index (χ0) is 18.6. The molecule has 1 aromatic rings. The maximum absolute atomic E-state index is 4.24. The van der Waals surface area contributed by atoms with E-state index in [1.807, 2.05) is 0 Å². The Hall–Kier alpha value is -1.03. The Morgan fingerprint density at radius 1 is 0.962 bits per heavy atom. The number of benzene rings is 1. The molecule has 2 atom stereocenters. The third-order valence-corrected chi connectivity index (χ3v) is 5.65. The summed E-state index contributed by atoms with van der Waals surface area (Å²) < 4.78 is 3.16. The van der Waals surface area contributed by atoms with Crippen LogP contribution in [0.25, 0.3) is 0 Å². The van der Waals surface area contributed by atoms with Crippen LogP contribution in [-0.4, -0.2) is 18.6 Å². The standard InChI is InChI=1S/C15H26N2S.C8H10/c18-17-15-11-5-4-10-14(15)16-12-6-9-13-7-2-1-3-8-13;1-7-3-5-8(2)6-4-7/h1-2,8,14-18H,3-7,9-12H2;3-6H,1-2H3. The van der Waals surface area contributed by atoms with Crippen molar-refractivity contribution in [3.05, 3.63) is 59.2 Å². The van der Waals surface area contributed by atoms with Gasteiger partial charge in [-0.05, 0) is 58.9 Å². The second kappa shape index (κ2) is 12.4. The summed E-state index contributed by atoms with van der Waals surface area (Å²) in [4.78, 5) is 0. The number of hydrogen-bond donors (Lipinski definition) is 3. The quantitative estimate of drug-likeness (QED) is 0.340. The Kier molecular flexibility index (Phi) is 10.1. The first-order valence-corrected chi connectivity index (χ1v) is 10.6. The molecule has 2 nitrogen and oxygen atoms in total. The summed E-state index contributed by atoms with van der Waals surface area (Å²) in [6.45, 7) is 5.33. The van der Waals surface area contributed by atoms with Gasteiger partial charge < -0.3 is 5.32 Å². The molecule has 0 spiro atoms. The third-order valence-electron chi connectivity index (χ3n) is 5.32. The van der Waals surface area contributed by atoms with E-state index in [1.54, 1.807) is 5.57 Å². The van der Waals surface area contributed by atoms with Crippen molar-refractivity contribution in [1.82, 2.24) is 10.0 Å².